The highest BCUT2D eigenvalue weighted by atomic mass is 16.3. The summed E-state index contributed by atoms with van der Waals surface area (Å²) in [5, 5.41) is 29.4. The van der Waals surface area contributed by atoms with E-state index in [1.807, 2.05) is 66.7 Å². The molecule has 13 aromatic rings. The Kier molecular flexibility index (Phi) is 7.05. The minimum Gasteiger partial charge on any atom is -0.455 e. The number of nitriles is 2. The van der Waals surface area contributed by atoms with Crippen LogP contribution in [0.15, 0.2) is 191 Å². The summed E-state index contributed by atoms with van der Waals surface area (Å²) in [6.07, 6.45) is 0. The zero-order valence-corrected chi connectivity index (χ0v) is 32.9. The van der Waals surface area contributed by atoms with Gasteiger partial charge in [0, 0.05) is 54.7 Å². The lowest BCUT2D eigenvalue weighted by Gasteiger charge is -2.19. The van der Waals surface area contributed by atoms with Gasteiger partial charge in [-0.05, 0) is 78.4 Å². The van der Waals surface area contributed by atoms with Gasteiger partial charge in [0.2, 0.25) is 0 Å². The molecule has 4 heterocycles. The molecule has 0 unspecified atom stereocenters. The van der Waals surface area contributed by atoms with E-state index in [2.05, 4.69) is 130 Å². The van der Waals surface area contributed by atoms with Gasteiger partial charge in [0.05, 0.1) is 55.7 Å². The summed E-state index contributed by atoms with van der Waals surface area (Å²) in [5.74, 6) is 0. The van der Waals surface area contributed by atoms with Crippen LogP contribution in [0.4, 0.5) is 0 Å². The molecule has 6 nitrogen and oxygen atoms in total. The van der Waals surface area contributed by atoms with Crippen molar-refractivity contribution in [2.75, 3.05) is 0 Å². The fraction of sp³-hybridized carbons (Fsp3) is 0. The zero-order chi connectivity index (χ0) is 41.1. The number of hydrogen-bond donors (Lipinski definition) is 0. The van der Waals surface area contributed by atoms with Crippen molar-refractivity contribution in [3.63, 3.8) is 0 Å². The molecule has 0 aliphatic heterocycles. The van der Waals surface area contributed by atoms with Crippen LogP contribution >= 0.6 is 0 Å². The number of hydrogen-bond acceptors (Lipinski definition) is 4. The second-order valence-corrected chi connectivity index (χ2v) is 15.8. The van der Waals surface area contributed by atoms with Crippen molar-refractivity contribution in [3.05, 3.63) is 193 Å². The van der Waals surface area contributed by atoms with Crippen LogP contribution in [0.3, 0.4) is 0 Å². The van der Waals surface area contributed by atoms with Crippen molar-refractivity contribution in [3.8, 4) is 45.8 Å². The van der Waals surface area contributed by atoms with E-state index >= 15 is 0 Å². The molecule has 0 aliphatic carbocycles. The van der Waals surface area contributed by atoms with E-state index in [4.69, 9.17) is 8.83 Å². The maximum Gasteiger partial charge on any atom is 0.145 e. The number of rotatable bonds is 4. The van der Waals surface area contributed by atoms with Crippen LogP contribution in [0.2, 0.25) is 0 Å². The highest BCUT2D eigenvalue weighted by Gasteiger charge is 2.24. The summed E-state index contributed by atoms with van der Waals surface area (Å²) in [4.78, 5) is 0. The molecule has 0 bridgehead atoms. The third-order valence-electron chi connectivity index (χ3n) is 12.6. The molecule has 0 radical (unpaired) electrons. The minimum absolute atomic E-state index is 0.529. The quantitative estimate of drug-likeness (QED) is 0.178. The summed E-state index contributed by atoms with van der Waals surface area (Å²) < 4.78 is 18.0. The fourth-order valence-corrected chi connectivity index (χ4v) is 9.97. The van der Waals surface area contributed by atoms with Crippen LogP contribution in [0.5, 0.6) is 0 Å². The number of fused-ring (bicyclic) bond motifs is 14. The number of aromatic nitrogens is 2. The molecule has 6 heteroatoms. The van der Waals surface area contributed by atoms with Gasteiger partial charge in [0.1, 0.15) is 28.4 Å². The van der Waals surface area contributed by atoms with Gasteiger partial charge in [0.25, 0.3) is 0 Å². The molecule has 4 aromatic heterocycles. The van der Waals surface area contributed by atoms with Gasteiger partial charge in [-0.1, -0.05) is 109 Å². The molecule has 0 amide bonds. The highest BCUT2D eigenvalue weighted by Crippen LogP contribution is 2.45. The van der Waals surface area contributed by atoms with Gasteiger partial charge in [-0.25, -0.2) is 0 Å². The molecule has 13 rings (SSSR count). The predicted molar refractivity (Wildman–Crippen MR) is 250 cm³/mol. The zero-order valence-electron chi connectivity index (χ0n) is 32.9. The summed E-state index contributed by atoms with van der Waals surface area (Å²) in [6.45, 7) is 0. The molecule has 0 atom stereocenters. The first-order chi connectivity index (χ1) is 30.7. The average molecular weight is 791 g/mol. The molecule has 0 saturated heterocycles. The lowest BCUT2D eigenvalue weighted by molar-refractivity contribution is 0.672. The first kappa shape index (κ1) is 34.1. The van der Waals surface area contributed by atoms with Crippen LogP contribution in [-0.2, 0) is 0 Å². The van der Waals surface area contributed by atoms with E-state index < -0.39 is 0 Å². The van der Waals surface area contributed by atoms with Gasteiger partial charge >= 0.3 is 0 Å². The van der Waals surface area contributed by atoms with Crippen molar-refractivity contribution in [2.45, 2.75) is 0 Å². The summed E-state index contributed by atoms with van der Waals surface area (Å²) in [5.41, 5.74) is 13.7. The van der Waals surface area contributed by atoms with Crippen LogP contribution in [-0.4, -0.2) is 9.13 Å². The molecule has 62 heavy (non-hydrogen) atoms. The summed E-state index contributed by atoms with van der Waals surface area (Å²) >= 11 is 0. The van der Waals surface area contributed by atoms with E-state index in [-0.39, 0.29) is 0 Å². The minimum atomic E-state index is 0.529. The number of nitrogens with zero attached hydrogens (tertiary/aromatic N) is 4. The molecule has 9 aromatic carbocycles. The number of furan rings is 2. The van der Waals surface area contributed by atoms with Gasteiger partial charge in [0.15, 0.2) is 0 Å². The van der Waals surface area contributed by atoms with Crippen molar-refractivity contribution in [2.24, 2.45) is 0 Å². The van der Waals surface area contributed by atoms with Crippen LogP contribution < -0.4 is 0 Å². The molecular formula is C56H30N4O2. The average Bonchev–Trinajstić information content (AvgIpc) is 4.08. The lowest BCUT2D eigenvalue weighted by atomic mass is 9.91. The molecule has 0 spiro atoms. The van der Waals surface area contributed by atoms with Gasteiger partial charge in [-0.3, -0.25) is 0 Å². The molecule has 0 N–H and O–H groups in total. The molecule has 286 valence electrons. The summed E-state index contributed by atoms with van der Waals surface area (Å²) in [6, 6.07) is 67.0. The molecule has 0 saturated carbocycles. The lowest BCUT2D eigenvalue weighted by Crippen LogP contribution is -2.02. The van der Waals surface area contributed by atoms with E-state index in [0.717, 1.165) is 121 Å². The van der Waals surface area contributed by atoms with Crippen molar-refractivity contribution < 1.29 is 8.83 Å². The maximum atomic E-state index is 11.0. The first-order valence-electron chi connectivity index (χ1n) is 20.5. The second-order valence-electron chi connectivity index (χ2n) is 15.8. The Morgan fingerprint density at radius 1 is 0.387 bits per heavy atom. The van der Waals surface area contributed by atoms with Crippen molar-refractivity contribution in [1.82, 2.24) is 9.13 Å². The van der Waals surface area contributed by atoms with E-state index in [1.165, 1.54) is 0 Å². The Balaban J connectivity index is 1.15. The molecule has 0 fully saturated rings. The highest BCUT2D eigenvalue weighted by molar-refractivity contribution is 6.25. The largest absolute Gasteiger partial charge is 0.455 e. The Hall–Kier alpha value is -8.84. The third kappa shape index (κ3) is 4.66. The normalized spacial score (nSPS) is 11.8. The van der Waals surface area contributed by atoms with Gasteiger partial charge in [-0.2, -0.15) is 10.5 Å². The smallest absolute Gasteiger partial charge is 0.145 e. The molecule has 0 aliphatic rings. The summed E-state index contributed by atoms with van der Waals surface area (Å²) in [7, 11) is 0. The third-order valence-corrected chi connectivity index (χ3v) is 12.6. The SMILES string of the molecule is N#Cc1cccc(-c2cccc(-c3ccc(-n4c5ccccc5c5c6oc7ccccc7c6ccc54)cc3-n3c4ccccc4c4c5oc6ccccc6c5ccc43)c2C#N)c1. The Morgan fingerprint density at radius 2 is 0.952 bits per heavy atom. The maximum absolute atomic E-state index is 11.0. The van der Waals surface area contributed by atoms with E-state index in [1.54, 1.807) is 6.07 Å². The first-order valence-corrected chi connectivity index (χ1v) is 20.5. The van der Waals surface area contributed by atoms with Gasteiger partial charge in [-0.15, -0.1) is 0 Å². The standard InChI is InChI=1S/C56H30N4O2/c57-31-33-11-9-12-34(29-33)36-17-10-18-37(45(36)32-58)38-24-23-35(59-46-19-5-1-15-43(46)53-48(59)27-25-41-39-13-3-7-21-51(39)61-55(41)53)30-50(38)60-47-20-6-2-16-44(47)54-49(60)28-26-42-40-14-4-8-22-52(40)62-56(42)54/h1-30H. The van der Waals surface area contributed by atoms with E-state index in [0.29, 0.717) is 11.1 Å². The van der Waals surface area contributed by atoms with Crippen molar-refractivity contribution >= 4 is 87.5 Å². The number of para-hydroxylation sites is 4. The Morgan fingerprint density at radius 3 is 1.60 bits per heavy atom. The predicted octanol–water partition coefficient (Wildman–Crippen LogP) is 14.8. The Bertz CT molecular complexity index is 4140. The topological polar surface area (TPSA) is 83.7 Å². The van der Waals surface area contributed by atoms with Crippen LogP contribution in [0.1, 0.15) is 11.1 Å². The van der Waals surface area contributed by atoms with Gasteiger partial charge < -0.3 is 18.0 Å². The van der Waals surface area contributed by atoms with Crippen molar-refractivity contribution in [1.29, 1.82) is 10.5 Å². The van der Waals surface area contributed by atoms with Crippen LogP contribution in [0.25, 0.3) is 121 Å². The molecular weight excluding hydrogens is 761 g/mol. The second kappa shape index (κ2) is 12.8. The monoisotopic (exact) mass is 790 g/mol. The van der Waals surface area contributed by atoms with Crippen LogP contribution in [0, 0.1) is 22.7 Å². The van der Waals surface area contributed by atoms with E-state index in [9.17, 15) is 10.5 Å². The number of benzene rings is 9. The Labute approximate surface area is 353 Å². The fourth-order valence-electron chi connectivity index (χ4n) is 9.97.